The van der Waals surface area contributed by atoms with Crippen LogP contribution >= 0.6 is 0 Å². The number of aryl methyl sites for hydroxylation is 1. The number of fused-ring (bicyclic) bond motifs is 1. The number of carbonyl (C=O) groups is 1. The van der Waals surface area contributed by atoms with Crippen LogP contribution in [0.4, 0.5) is 10.6 Å². The molecule has 1 amide bonds. The second-order valence-corrected chi connectivity index (χ2v) is 13.1. The molecule has 0 radical (unpaired) electrons. The van der Waals surface area contributed by atoms with Gasteiger partial charge in [0, 0.05) is 68.4 Å². The van der Waals surface area contributed by atoms with E-state index in [-0.39, 0.29) is 12.7 Å². The van der Waals surface area contributed by atoms with Crippen molar-refractivity contribution in [2.75, 3.05) is 50.8 Å². The van der Waals surface area contributed by atoms with Gasteiger partial charge in [0.05, 0.1) is 18.0 Å². The maximum Gasteiger partial charge on any atom is 0.407 e. The second kappa shape index (κ2) is 15.9. The number of carbonyl (C=O) groups excluding carboxylic acids is 1. The standard InChI is InChI=1S/C38H48N6O3/c1-29-35(32-19-17-30(18-20-32)14-10-7-5-6-8-13-21-39-37(46)47-38(2,3)4)36-40-33(31-15-11-9-12-16-31)28-34(44(36)41-29)43-24-22-42(23-25-43)26-27-45/h9,11-12,15-20,28,45H,5-8,13,21-27H2,1-4H3,(H,39,46). The molecule has 9 nitrogen and oxygen atoms in total. The summed E-state index contributed by atoms with van der Waals surface area (Å²) in [6.07, 6.45) is 4.59. The normalized spacial score (nSPS) is 13.8. The molecule has 4 aromatic rings. The number of aromatic nitrogens is 3. The Morgan fingerprint density at radius 1 is 0.957 bits per heavy atom. The number of ether oxygens (including phenoxy) is 1. The van der Waals surface area contributed by atoms with Gasteiger partial charge in [-0.25, -0.2) is 9.78 Å². The first-order valence-electron chi connectivity index (χ1n) is 16.8. The van der Waals surface area contributed by atoms with E-state index in [4.69, 9.17) is 14.8 Å². The van der Waals surface area contributed by atoms with E-state index < -0.39 is 5.60 Å². The number of benzene rings is 2. The van der Waals surface area contributed by atoms with Crippen LogP contribution in [0.15, 0.2) is 60.7 Å². The fourth-order valence-corrected chi connectivity index (χ4v) is 5.85. The average Bonchev–Trinajstić information content (AvgIpc) is 3.39. The van der Waals surface area contributed by atoms with Crippen molar-refractivity contribution in [2.45, 2.75) is 65.4 Å². The van der Waals surface area contributed by atoms with E-state index in [9.17, 15) is 9.90 Å². The molecule has 5 rings (SSSR count). The highest BCUT2D eigenvalue weighted by Gasteiger charge is 2.23. The summed E-state index contributed by atoms with van der Waals surface area (Å²) < 4.78 is 7.27. The van der Waals surface area contributed by atoms with Gasteiger partial charge in [0.1, 0.15) is 11.4 Å². The van der Waals surface area contributed by atoms with Crippen LogP contribution < -0.4 is 10.2 Å². The summed E-state index contributed by atoms with van der Waals surface area (Å²) in [6.45, 7) is 12.7. The molecule has 0 unspecified atom stereocenters. The Labute approximate surface area is 279 Å². The van der Waals surface area contributed by atoms with E-state index in [1.807, 2.05) is 43.5 Å². The van der Waals surface area contributed by atoms with Gasteiger partial charge in [-0.15, -0.1) is 0 Å². The van der Waals surface area contributed by atoms with Crippen molar-refractivity contribution >= 4 is 17.6 Å². The number of piperazine rings is 1. The first-order valence-corrected chi connectivity index (χ1v) is 16.8. The number of β-amino-alcohol motifs (C(OH)–C–C–N with tert-alkyl or cyclic N) is 1. The molecule has 1 aliphatic heterocycles. The lowest BCUT2D eigenvalue weighted by molar-refractivity contribution is 0.0527. The SMILES string of the molecule is Cc1nn2c(N3CCN(CCO)CC3)cc(-c3ccccc3)nc2c1-c1ccc(C#CCCCCCCNC(=O)OC(C)(C)C)cc1. The maximum atomic E-state index is 11.7. The summed E-state index contributed by atoms with van der Waals surface area (Å²) in [7, 11) is 0. The Kier molecular flexibility index (Phi) is 11.5. The first-order chi connectivity index (χ1) is 22.7. The van der Waals surface area contributed by atoms with Gasteiger partial charge in [-0.2, -0.15) is 9.61 Å². The number of rotatable bonds is 11. The number of aliphatic hydroxyl groups excluding tert-OH is 1. The molecule has 0 atom stereocenters. The lowest BCUT2D eigenvalue weighted by atomic mass is 10.0. The third kappa shape index (κ3) is 9.34. The van der Waals surface area contributed by atoms with Gasteiger partial charge in [-0.3, -0.25) is 4.90 Å². The summed E-state index contributed by atoms with van der Waals surface area (Å²) in [5, 5.41) is 17.2. The van der Waals surface area contributed by atoms with E-state index in [1.165, 1.54) is 0 Å². The zero-order valence-corrected chi connectivity index (χ0v) is 28.3. The molecule has 1 saturated heterocycles. The molecule has 9 heteroatoms. The Bertz CT molecular complexity index is 1670. The molecule has 0 spiro atoms. The third-order valence-corrected chi connectivity index (χ3v) is 8.23. The molecule has 0 bridgehead atoms. The van der Waals surface area contributed by atoms with Gasteiger partial charge in [0.25, 0.3) is 0 Å². The van der Waals surface area contributed by atoms with Crippen LogP contribution in [0.5, 0.6) is 0 Å². The van der Waals surface area contributed by atoms with E-state index in [2.05, 4.69) is 76.3 Å². The highest BCUT2D eigenvalue weighted by Crippen LogP contribution is 2.33. The minimum atomic E-state index is -0.470. The Hall–Kier alpha value is -4.39. The molecule has 2 aromatic heterocycles. The summed E-state index contributed by atoms with van der Waals surface area (Å²) in [4.78, 5) is 21.6. The molecule has 248 valence electrons. The van der Waals surface area contributed by atoms with Gasteiger partial charge in [0.15, 0.2) is 5.65 Å². The third-order valence-electron chi connectivity index (χ3n) is 8.23. The predicted molar refractivity (Wildman–Crippen MR) is 189 cm³/mol. The maximum absolute atomic E-state index is 11.7. The summed E-state index contributed by atoms with van der Waals surface area (Å²) in [5.74, 6) is 7.67. The van der Waals surface area contributed by atoms with E-state index in [1.54, 1.807) is 0 Å². The lowest BCUT2D eigenvalue weighted by Crippen LogP contribution is -2.47. The van der Waals surface area contributed by atoms with Gasteiger partial charge < -0.3 is 20.1 Å². The van der Waals surface area contributed by atoms with Crippen LogP contribution in [-0.2, 0) is 4.74 Å². The van der Waals surface area contributed by atoms with E-state index in [0.29, 0.717) is 13.1 Å². The number of hydrogen-bond donors (Lipinski definition) is 2. The molecule has 1 fully saturated rings. The molecule has 0 aliphatic carbocycles. The lowest BCUT2D eigenvalue weighted by Gasteiger charge is -2.35. The van der Waals surface area contributed by atoms with Gasteiger partial charge >= 0.3 is 6.09 Å². The van der Waals surface area contributed by atoms with Crippen molar-refractivity contribution < 1.29 is 14.6 Å². The van der Waals surface area contributed by atoms with Crippen LogP contribution in [0.25, 0.3) is 28.0 Å². The highest BCUT2D eigenvalue weighted by molar-refractivity contribution is 5.83. The fraction of sp³-hybridized carbons (Fsp3) is 0.447. The van der Waals surface area contributed by atoms with E-state index in [0.717, 1.165) is 103 Å². The minimum absolute atomic E-state index is 0.182. The molecule has 0 saturated carbocycles. The average molecular weight is 637 g/mol. The van der Waals surface area contributed by atoms with Crippen LogP contribution in [0.1, 0.15) is 64.1 Å². The summed E-state index contributed by atoms with van der Waals surface area (Å²) >= 11 is 0. The zero-order chi connectivity index (χ0) is 33.2. The number of amides is 1. The van der Waals surface area contributed by atoms with Crippen molar-refractivity contribution in [3.63, 3.8) is 0 Å². The Morgan fingerprint density at radius 3 is 2.38 bits per heavy atom. The molecule has 2 N–H and O–H groups in total. The van der Waals surface area contributed by atoms with Crippen LogP contribution in [0.2, 0.25) is 0 Å². The van der Waals surface area contributed by atoms with Crippen LogP contribution in [0.3, 0.4) is 0 Å². The summed E-state index contributed by atoms with van der Waals surface area (Å²) in [6, 6.07) is 20.9. The highest BCUT2D eigenvalue weighted by atomic mass is 16.6. The predicted octanol–water partition coefficient (Wildman–Crippen LogP) is 6.31. The van der Waals surface area contributed by atoms with Crippen LogP contribution in [0, 0.1) is 18.8 Å². The molecule has 1 aliphatic rings. The van der Waals surface area contributed by atoms with E-state index >= 15 is 0 Å². The van der Waals surface area contributed by atoms with Crippen molar-refractivity contribution in [2.24, 2.45) is 0 Å². The number of hydrogen-bond acceptors (Lipinski definition) is 7. The Morgan fingerprint density at radius 2 is 1.68 bits per heavy atom. The number of aliphatic hydroxyl groups is 1. The summed E-state index contributed by atoms with van der Waals surface area (Å²) in [5.41, 5.74) is 6.39. The molecule has 3 heterocycles. The fourth-order valence-electron chi connectivity index (χ4n) is 5.85. The quantitative estimate of drug-likeness (QED) is 0.147. The van der Waals surface area contributed by atoms with Crippen molar-refractivity contribution in [1.82, 2.24) is 24.8 Å². The number of nitrogens with one attached hydrogen (secondary N) is 1. The van der Waals surface area contributed by atoms with Crippen molar-refractivity contribution in [3.05, 3.63) is 71.9 Å². The smallest absolute Gasteiger partial charge is 0.407 e. The largest absolute Gasteiger partial charge is 0.444 e. The second-order valence-electron chi connectivity index (χ2n) is 13.1. The van der Waals surface area contributed by atoms with Gasteiger partial charge in [-0.05, 0) is 58.2 Å². The molecule has 47 heavy (non-hydrogen) atoms. The molecule has 2 aromatic carbocycles. The molecular weight excluding hydrogens is 588 g/mol. The zero-order valence-electron chi connectivity index (χ0n) is 28.3. The number of nitrogens with zero attached hydrogens (tertiary/aromatic N) is 5. The Balaban J connectivity index is 1.24. The van der Waals surface area contributed by atoms with Crippen molar-refractivity contribution in [1.29, 1.82) is 0 Å². The molecular formula is C38H48N6O3. The van der Waals surface area contributed by atoms with Gasteiger partial charge in [-0.1, -0.05) is 67.1 Å². The number of unbranched alkanes of at least 4 members (excludes halogenated alkanes) is 4. The van der Waals surface area contributed by atoms with Gasteiger partial charge in [0.2, 0.25) is 0 Å². The van der Waals surface area contributed by atoms with Crippen molar-refractivity contribution in [3.8, 4) is 34.2 Å². The van der Waals surface area contributed by atoms with Crippen LogP contribution in [-0.4, -0.2) is 82.2 Å². The first kappa shape index (κ1) is 34.0. The topological polar surface area (TPSA) is 95.2 Å². The minimum Gasteiger partial charge on any atom is -0.444 e. The monoisotopic (exact) mass is 636 g/mol. The number of alkyl carbamates (subject to hydrolysis) is 1. The number of anilines is 1.